The third kappa shape index (κ3) is 3.95. The van der Waals surface area contributed by atoms with Crippen LogP contribution in [0.25, 0.3) is 0 Å². The van der Waals surface area contributed by atoms with Crippen LogP contribution in [0.2, 0.25) is 0 Å². The van der Waals surface area contributed by atoms with E-state index < -0.39 is 0 Å². The lowest BCUT2D eigenvalue weighted by molar-refractivity contribution is 0.143. The van der Waals surface area contributed by atoms with Gasteiger partial charge in [-0.15, -0.1) is 0 Å². The lowest BCUT2D eigenvalue weighted by atomic mass is 9.94. The first-order chi connectivity index (χ1) is 9.06. The molecule has 0 radical (unpaired) electrons. The molecular weight excluding hydrogens is 236 g/mol. The fourth-order valence-corrected chi connectivity index (χ4v) is 2.52. The van der Waals surface area contributed by atoms with Crippen molar-refractivity contribution in [2.75, 3.05) is 26.2 Å². The predicted octanol–water partition coefficient (Wildman–Crippen LogP) is 2.35. The fraction of sp³-hybridized carbons (Fsp3) is 0.625. The summed E-state index contributed by atoms with van der Waals surface area (Å²) in [5.74, 6) is 1.66. The van der Waals surface area contributed by atoms with Gasteiger partial charge in [0.25, 0.3) is 0 Å². The zero-order valence-electron chi connectivity index (χ0n) is 12.4. The van der Waals surface area contributed by atoms with Crippen LogP contribution in [0.5, 0.6) is 5.75 Å². The Balaban J connectivity index is 1.79. The molecule has 106 valence electrons. The number of rotatable bonds is 4. The molecule has 19 heavy (non-hydrogen) atoms. The maximum absolute atomic E-state index is 6.11. The Bertz CT molecular complexity index is 419. The number of hydrogen-bond donors (Lipinski definition) is 1. The van der Waals surface area contributed by atoms with E-state index in [0.29, 0.717) is 12.0 Å². The van der Waals surface area contributed by atoms with Crippen LogP contribution in [-0.4, -0.2) is 37.2 Å². The number of benzene rings is 1. The minimum absolute atomic E-state index is 0.314. The molecule has 0 aliphatic carbocycles. The van der Waals surface area contributed by atoms with Crippen LogP contribution in [0.3, 0.4) is 0 Å². The highest BCUT2D eigenvalue weighted by Crippen LogP contribution is 2.19. The van der Waals surface area contributed by atoms with Crippen molar-refractivity contribution in [3.8, 4) is 5.75 Å². The average Bonchev–Trinajstić information content (AvgIpc) is 2.38. The van der Waals surface area contributed by atoms with E-state index in [9.17, 15) is 0 Å². The van der Waals surface area contributed by atoms with E-state index in [-0.39, 0.29) is 0 Å². The van der Waals surface area contributed by atoms with E-state index in [1.165, 1.54) is 17.5 Å². The summed E-state index contributed by atoms with van der Waals surface area (Å²) in [5.41, 5.74) is 8.56. The molecule has 1 heterocycles. The molecule has 1 aliphatic heterocycles. The van der Waals surface area contributed by atoms with Gasteiger partial charge in [-0.05, 0) is 49.9 Å². The average molecular weight is 262 g/mol. The van der Waals surface area contributed by atoms with Gasteiger partial charge in [0, 0.05) is 19.1 Å². The van der Waals surface area contributed by atoms with Gasteiger partial charge < -0.3 is 10.5 Å². The topological polar surface area (TPSA) is 38.5 Å². The molecule has 1 aromatic carbocycles. The van der Waals surface area contributed by atoms with Crippen molar-refractivity contribution in [3.63, 3.8) is 0 Å². The summed E-state index contributed by atoms with van der Waals surface area (Å²) in [4.78, 5) is 2.41. The molecule has 2 N–H and O–H groups in total. The Labute approximate surface area is 116 Å². The van der Waals surface area contributed by atoms with E-state index in [1.807, 2.05) is 0 Å². The van der Waals surface area contributed by atoms with Crippen molar-refractivity contribution in [1.29, 1.82) is 0 Å². The van der Waals surface area contributed by atoms with E-state index in [4.69, 9.17) is 10.5 Å². The Kier molecular flexibility index (Phi) is 4.83. The highest BCUT2D eigenvalue weighted by molar-refractivity contribution is 5.35. The summed E-state index contributed by atoms with van der Waals surface area (Å²) in [5, 5.41) is 0. The lowest BCUT2D eigenvalue weighted by Crippen LogP contribution is -2.48. The third-order valence-corrected chi connectivity index (χ3v) is 4.11. The SMILES string of the molecule is Cc1ccc(C)c(OCCN2CCC(C)C(N)C2)c1. The second kappa shape index (κ2) is 6.40. The molecule has 0 spiro atoms. The second-order valence-corrected chi connectivity index (χ2v) is 5.85. The van der Waals surface area contributed by atoms with Gasteiger partial charge in [0.05, 0.1) is 0 Å². The van der Waals surface area contributed by atoms with Crippen LogP contribution in [-0.2, 0) is 0 Å². The Hall–Kier alpha value is -1.06. The molecule has 1 saturated heterocycles. The second-order valence-electron chi connectivity index (χ2n) is 5.85. The molecule has 1 aromatic rings. The van der Waals surface area contributed by atoms with Gasteiger partial charge in [0.15, 0.2) is 0 Å². The van der Waals surface area contributed by atoms with Gasteiger partial charge in [-0.2, -0.15) is 0 Å². The van der Waals surface area contributed by atoms with E-state index in [2.05, 4.69) is 43.9 Å². The maximum atomic E-state index is 6.11. The molecule has 1 aliphatic rings. The minimum Gasteiger partial charge on any atom is -0.492 e. The maximum Gasteiger partial charge on any atom is 0.122 e. The number of aryl methyl sites for hydroxylation is 2. The van der Waals surface area contributed by atoms with Gasteiger partial charge in [0.1, 0.15) is 12.4 Å². The van der Waals surface area contributed by atoms with Crippen molar-refractivity contribution in [3.05, 3.63) is 29.3 Å². The molecule has 0 saturated carbocycles. The van der Waals surface area contributed by atoms with Gasteiger partial charge >= 0.3 is 0 Å². The van der Waals surface area contributed by atoms with Crippen molar-refractivity contribution < 1.29 is 4.74 Å². The van der Waals surface area contributed by atoms with Crippen LogP contribution < -0.4 is 10.5 Å². The van der Waals surface area contributed by atoms with Gasteiger partial charge in [-0.1, -0.05) is 19.1 Å². The Morgan fingerprint density at radius 2 is 2.16 bits per heavy atom. The van der Waals surface area contributed by atoms with E-state index in [1.54, 1.807) is 0 Å². The first-order valence-corrected chi connectivity index (χ1v) is 7.24. The molecular formula is C16H26N2O. The normalized spacial score (nSPS) is 24.4. The molecule has 0 bridgehead atoms. The molecule has 0 aromatic heterocycles. The summed E-state index contributed by atoms with van der Waals surface area (Å²) in [6.07, 6.45) is 1.20. The van der Waals surface area contributed by atoms with Crippen LogP contribution >= 0.6 is 0 Å². The predicted molar refractivity (Wildman–Crippen MR) is 79.6 cm³/mol. The quantitative estimate of drug-likeness (QED) is 0.905. The molecule has 1 fully saturated rings. The summed E-state index contributed by atoms with van der Waals surface area (Å²) >= 11 is 0. The number of ether oxygens (including phenoxy) is 1. The van der Waals surface area contributed by atoms with Crippen LogP contribution in [0.1, 0.15) is 24.5 Å². The molecule has 2 unspecified atom stereocenters. The molecule has 0 amide bonds. The Morgan fingerprint density at radius 3 is 2.89 bits per heavy atom. The van der Waals surface area contributed by atoms with Crippen molar-refractivity contribution in [1.82, 2.24) is 4.90 Å². The number of hydrogen-bond acceptors (Lipinski definition) is 3. The van der Waals surface area contributed by atoms with Crippen LogP contribution in [0, 0.1) is 19.8 Å². The zero-order chi connectivity index (χ0) is 13.8. The third-order valence-electron chi connectivity index (χ3n) is 4.11. The van der Waals surface area contributed by atoms with E-state index >= 15 is 0 Å². The summed E-state index contributed by atoms with van der Waals surface area (Å²) in [7, 11) is 0. The number of nitrogens with zero attached hydrogens (tertiary/aromatic N) is 1. The monoisotopic (exact) mass is 262 g/mol. The van der Waals surface area contributed by atoms with Gasteiger partial charge in [-0.25, -0.2) is 0 Å². The standard InChI is InChI=1S/C16H26N2O/c1-12-4-5-14(3)16(10-12)19-9-8-18-7-6-13(2)15(17)11-18/h4-5,10,13,15H,6-9,11,17H2,1-3H3. The summed E-state index contributed by atoms with van der Waals surface area (Å²) in [6.45, 7) is 10.3. The van der Waals surface area contributed by atoms with Gasteiger partial charge in [0.2, 0.25) is 0 Å². The van der Waals surface area contributed by atoms with E-state index in [0.717, 1.165) is 32.0 Å². The lowest BCUT2D eigenvalue weighted by Gasteiger charge is -2.34. The summed E-state index contributed by atoms with van der Waals surface area (Å²) < 4.78 is 5.90. The van der Waals surface area contributed by atoms with Crippen LogP contribution in [0.4, 0.5) is 0 Å². The highest BCUT2D eigenvalue weighted by Gasteiger charge is 2.22. The smallest absolute Gasteiger partial charge is 0.122 e. The Morgan fingerprint density at radius 1 is 1.37 bits per heavy atom. The van der Waals surface area contributed by atoms with Crippen molar-refractivity contribution >= 4 is 0 Å². The molecule has 3 nitrogen and oxygen atoms in total. The molecule has 2 rings (SSSR count). The fourth-order valence-electron chi connectivity index (χ4n) is 2.52. The van der Waals surface area contributed by atoms with Gasteiger partial charge in [-0.3, -0.25) is 4.90 Å². The molecule has 2 atom stereocenters. The van der Waals surface area contributed by atoms with Crippen molar-refractivity contribution in [2.45, 2.75) is 33.2 Å². The molecule has 3 heteroatoms. The number of likely N-dealkylation sites (tertiary alicyclic amines) is 1. The van der Waals surface area contributed by atoms with Crippen molar-refractivity contribution in [2.24, 2.45) is 11.7 Å². The first-order valence-electron chi connectivity index (χ1n) is 7.24. The van der Waals surface area contributed by atoms with Crippen LogP contribution in [0.15, 0.2) is 18.2 Å². The largest absolute Gasteiger partial charge is 0.492 e. The first kappa shape index (κ1) is 14.4. The highest BCUT2D eigenvalue weighted by atomic mass is 16.5. The number of nitrogens with two attached hydrogens (primary N) is 1. The minimum atomic E-state index is 0.314. The number of piperidine rings is 1. The summed E-state index contributed by atoms with van der Waals surface area (Å²) in [6, 6.07) is 6.66. The zero-order valence-corrected chi connectivity index (χ0v) is 12.4.